The molecule has 108 valence electrons. The number of nitrogens with one attached hydrogen (secondary N) is 1. The molecule has 1 amide bonds. The SMILES string of the molecule is O=C(N[C@H](Cc1ccc(O)cc1)C(=O)O)C1CCOC1. The van der Waals surface area contributed by atoms with Crippen LogP contribution in [0.1, 0.15) is 12.0 Å². The number of amides is 1. The number of aromatic hydroxyl groups is 1. The fourth-order valence-electron chi connectivity index (χ4n) is 2.10. The first-order chi connectivity index (χ1) is 9.56. The first-order valence-corrected chi connectivity index (χ1v) is 6.45. The molecule has 1 aliphatic heterocycles. The quantitative estimate of drug-likeness (QED) is 0.731. The van der Waals surface area contributed by atoms with Gasteiger partial charge in [-0.15, -0.1) is 0 Å². The van der Waals surface area contributed by atoms with Crippen LogP contribution in [0.25, 0.3) is 0 Å². The average molecular weight is 279 g/mol. The fourth-order valence-corrected chi connectivity index (χ4v) is 2.10. The van der Waals surface area contributed by atoms with Crippen molar-refractivity contribution in [2.24, 2.45) is 5.92 Å². The molecule has 0 spiro atoms. The lowest BCUT2D eigenvalue weighted by atomic mass is 10.0. The lowest BCUT2D eigenvalue weighted by Gasteiger charge is -2.17. The molecule has 0 aliphatic carbocycles. The molecule has 0 aromatic heterocycles. The van der Waals surface area contributed by atoms with Gasteiger partial charge in [-0.25, -0.2) is 4.79 Å². The molecule has 3 N–H and O–H groups in total. The van der Waals surface area contributed by atoms with E-state index in [1.165, 1.54) is 12.1 Å². The van der Waals surface area contributed by atoms with Crippen LogP contribution in [0.4, 0.5) is 0 Å². The summed E-state index contributed by atoms with van der Waals surface area (Å²) in [7, 11) is 0. The summed E-state index contributed by atoms with van der Waals surface area (Å²) in [6, 6.07) is 5.26. The van der Waals surface area contributed by atoms with Crippen molar-refractivity contribution in [1.82, 2.24) is 5.32 Å². The van der Waals surface area contributed by atoms with Crippen molar-refractivity contribution in [1.29, 1.82) is 0 Å². The Hall–Kier alpha value is -2.08. The van der Waals surface area contributed by atoms with Crippen molar-refractivity contribution in [2.75, 3.05) is 13.2 Å². The zero-order valence-electron chi connectivity index (χ0n) is 10.9. The predicted molar refractivity (Wildman–Crippen MR) is 70.3 cm³/mol. The fraction of sp³-hybridized carbons (Fsp3) is 0.429. The van der Waals surface area contributed by atoms with Crippen LogP contribution in [0.5, 0.6) is 5.75 Å². The van der Waals surface area contributed by atoms with E-state index >= 15 is 0 Å². The predicted octanol–water partition coefficient (Wildman–Crippen LogP) is 0.541. The molecule has 0 saturated carbocycles. The molecule has 1 aromatic rings. The number of carbonyl (C=O) groups is 2. The van der Waals surface area contributed by atoms with Crippen LogP contribution in [0.15, 0.2) is 24.3 Å². The van der Waals surface area contributed by atoms with E-state index in [0.29, 0.717) is 19.6 Å². The Morgan fingerprint density at radius 1 is 1.35 bits per heavy atom. The monoisotopic (exact) mass is 279 g/mol. The lowest BCUT2D eigenvalue weighted by Crippen LogP contribution is -2.45. The van der Waals surface area contributed by atoms with Crippen LogP contribution in [-0.2, 0) is 20.7 Å². The molecule has 1 unspecified atom stereocenters. The number of ether oxygens (including phenoxy) is 1. The average Bonchev–Trinajstić information content (AvgIpc) is 2.94. The van der Waals surface area contributed by atoms with Crippen molar-refractivity contribution in [2.45, 2.75) is 18.9 Å². The Bertz CT molecular complexity index is 479. The van der Waals surface area contributed by atoms with E-state index in [1.54, 1.807) is 12.1 Å². The summed E-state index contributed by atoms with van der Waals surface area (Å²) in [4.78, 5) is 23.1. The molecule has 1 aliphatic rings. The molecule has 20 heavy (non-hydrogen) atoms. The number of phenols is 1. The van der Waals surface area contributed by atoms with Gasteiger partial charge in [0.1, 0.15) is 11.8 Å². The van der Waals surface area contributed by atoms with Crippen LogP contribution in [-0.4, -0.2) is 41.3 Å². The van der Waals surface area contributed by atoms with E-state index in [4.69, 9.17) is 4.74 Å². The van der Waals surface area contributed by atoms with Crippen molar-refractivity contribution < 1.29 is 24.5 Å². The maximum absolute atomic E-state index is 11.9. The Kier molecular flexibility index (Phi) is 4.57. The second-order valence-electron chi connectivity index (χ2n) is 4.83. The zero-order chi connectivity index (χ0) is 14.5. The summed E-state index contributed by atoms with van der Waals surface area (Å²) in [5, 5.41) is 20.9. The third-order valence-electron chi connectivity index (χ3n) is 3.29. The molecular weight excluding hydrogens is 262 g/mol. The van der Waals surface area contributed by atoms with Gasteiger partial charge in [-0.2, -0.15) is 0 Å². The summed E-state index contributed by atoms with van der Waals surface area (Å²) >= 11 is 0. The molecule has 1 fully saturated rings. The number of benzene rings is 1. The van der Waals surface area contributed by atoms with Crippen molar-refractivity contribution in [3.05, 3.63) is 29.8 Å². The maximum atomic E-state index is 11.9. The molecule has 1 aromatic carbocycles. The van der Waals surface area contributed by atoms with Crippen molar-refractivity contribution in [3.8, 4) is 5.75 Å². The van der Waals surface area contributed by atoms with E-state index in [2.05, 4.69) is 5.32 Å². The summed E-state index contributed by atoms with van der Waals surface area (Å²) in [5.41, 5.74) is 0.734. The number of carboxylic acids is 1. The van der Waals surface area contributed by atoms with Gasteiger partial charge in [-0.05, 0) is 24.1 Å². The number of hydrogen-bond acceptors (Lipinski definition) is 4. The largest absolute Gasteiger partial charge is 0.508 e. The lowest BCUT2D eigenvalue weighted by molar-refractivity contribution is -0.142. The van der Waals surface area contributed by atoms with Gasteiger partial charge in [-0.3, -0.25) is 4.79 Å². The summed E-state index contributed by atoms with van der Waals surface area (Å²) in [5.74, 6) is -1.51. The van der Waals surface area contributed by atoms with E-state index < -0.39 is 12.0 Å². The van der Waals surface area contributed by atoms with Crippen LogP contribution in [0.2, 0.25) is 0 Å². The number of carboxylic acid groups (broad SMARTS) is 1. The first kappa shape index (κ1) is 14.3. The highest BCUT2D eigenvalue weighted by atomic mass is 16.5. The Morgan fingerprint density at radius 3 is 2.60 bits per heavy atom. The van der Waals surface area contributed by atoms with Crippen LogP contribution in [0.3, 0.4) is 0 Å². The summed E-state index contributed by atoms with van der Waals surface area (Å²) in [6.07, 6.45) is 0.798. The topological polar surface area (TPSA) is 95.9 Å². The third-order valence-corrected chi connectivity index (χ3v) is 3.29. The van der Waals surface area contributed by atoms with Gasteiger partial charge in [0.05, 0.1) is 12.5 Å². The molecule has 1 saturated heterocycles. The number of hydrogen-bond donors (Lipinski definition) is 3. The molecule has 0 bridgehead atoms. The Morgan fingerprint density at radius 2 is 2.05 bits per heavy atom. The minimum absolute atomic E-state index is 0.118. The van der Waals surface area contributed by atoms with Crippen molar-refractivity contribution >= 4 is 11.9 Å². The Balaban J connectivity index is 1.98. The van der Waals surface area contributed by atoms with Gasteiger partial charge in [0.2, 0.25) is 5.91 Å². The Labute approximate surface area is 116 Å². The van der Waals surface area contributed by atoms with E-state index in [0.717, 1.165) is 5.56 Å². The highest BCUT2D eigenvalue weighted by molar-refractivity contribution is 5.85. The maximum Gasteiger partial charge on any atom is 0.326 e. The normalized spacial score (nSPS) is 19.5. The van der Waals surface area contributed by atoms with Gasteiger partial charge in [0, 0.05) is 13.0 Å². The minimum atomic E-state index is -1.08. The van der Waals surface area contributed by atoms with Crippen LogP contribution < -0.4 is 5.32 Å². The highest BCUT2D eigenvalue weighted by Crippen LogP contribution is 2.14. The second kappa shape index (κ2) is 6.38. The molecule has 6 nitrogen and oxygen atoms in total. The van der Waals surface area contributed by atoms with Gasteiger partial charge in [0.15, 0.2) is 0 Å². The summed E-state index contributed by atoms with van der Waals surface area (Å²) < 4.78 is 5.12. The van der Waals surface area contributed by atoms with Gasteiger partial charge < -0.3 is 20.3 Å². The third kappa shape index (κ3) is 3.71. The van der Waals surface area contributed by atoms with E-state index in [9.17, 15) is 19.8 Å². The number of rotatable bonds is 5. The van der Waals surface area contributed by atoms with Crippen molar-refractivity contribution in [3.63, 3.8) is 0 Å². The summed E-state index contributed by atoms with van der Waals surface area (Å²) in [6.45, 7) is 0.880. The van der Waals surface area contributed by atoms with E-state index in [-0.39, 0.29) is 24.0 Å². The highest BCUT2D eigenvalue weighted by Gasteiger charge is 2.28. The zero-order valence-corrected chi connectivity index (χ0v) is 10.9. The number of phenolic OH excluding ortho intramolecular Hbond substituents is 1. The second-order valence-corrected chi connectivity index (χ2v) is 4.83. The van der Waals surface area contributed by atoms with Gasteiger partial charge in [-0.1, -0.05) is 12.1 Å². The molecule has 1 heterocycles. The molecular formula is C14H17NO5. The molecule has 2 atom stereocenters. The van der Waals surface area contributed by atoms with E-state index in [1.807, 2.05) is 0 Å². The van der Waals surface area contributed by atoms with Crippen LogP contribution >= 0.6 is 0 Å². The first-order valence-electron chi connectivity index (χ1n) is 6.45. The smallest absolute Gasteiger partial charge is 0.326 e. The number of carbonyl (C=O) groups excluding carboxylic acids is 1. The van der Waals surface area contributed by atoms with Crippen LogP contribution in [0, 0.1) is 5.92 Å². The standard InChI is InChI=1S/C14H17NO5/c16-11-3-1-9(2-4-11)7-12(14(18)19)15-13(17)10-5-6-20-8-10/h1-4,10,12,16H,5-8H2,(H,15,17)(H,18,19)/t10?,12-/m1/s1. The molecule has 6 heteroatoms. The molecule has 2 rings (SSSR count). The van der Waals surface area contributed by atoms with Gasteiger partial charge >= 0.3 is 5.97 Å². The minimum Gasteiger partial charge on any atom is -0.508 e. The molecule has 0 radical (unpaired) electrons. The number of aliphatic carboxylic acids is 1. The van der Waals surface area contributed by atoms with Gasteiger partial charge in [0.25, 0.3) is 0 Å².